The summed E-state index contributed by atoms with van der Waals surface area (Å²) in [6.45, 7) is 3.29. The fourth-order valence-corrected chi connectivity index (χ4v) is 4.47. The van der Waals surface area contributed by atoms with Crippen molar-refractivity contribution in [1.29, 1.82) is 5.41 Å². The number of urea groups is 1. The molecule has 3 saturated heterocycles. The number of nitrogens with two attached hydrogens (primary N) is 1. The van der Waals surface area contributed by atoms with E-state index in [0.717, 1.165) is 69.7 Å². The fraction of sp³-hybridized carbons (Fsp3) is 0.722. The first-order valence-corrected chi connectivity index (χ1v) is 9.84. The highest BCUT2D eigenvalue weighted by Gasteiger charge is 2.44. The Bertz CT molecular complexity index is 698. The van der Waals surface area contributed by atoms with Gasteiger partial charge in [-0.15, -0.1) is 0 Å². The smallest absolute Gasteiger partial charge is 0.320 e. The van der Waals surface area contributed by atoms with E-state index in [1.54, 1.807) is 0 Å². The maximum Gasteiger partial charge on any atom is 0.320 e. The summed E-state index contributed by atoms with van der Waals surface area (Å²) in [6, 6.07) is 2.96. The van der Waals surface area contributed by atoms with Gasteiger partial charge < -0.3 is 30.3 Å². The normalized spacial score (nSPS) is 26.1. The van der Waals surface area contributed by atoms with Crippen molar-refractivity contribution in [3.63, 3.8) is 0 Å². The molecule has 4 heterocycles. The quantitative estimate of drug-likeness (QED) is 0.516. The van der Waals surface area contributed by atoms with Crippen LogP contribution in [0.25, 0.3) is 0 Å². The van der Waals surface area contributed by atoms with E-state index in [1.807, 2.05) is 27.8 Å². The summed E-state index contributed by atoms with van der Waals surface area (Å²) in [5.41, 5.74) is 6.41. The number of piperidine rings is 2. The Labute approximate surface area is 159 Å². The third kappa shape index (κ3) is 3.60. The molecular formula is C18H29N7O2. The number of amides is 2. The lowest BCUT2D eigenvalue weighted by molar-refractivity contribution is 0.177. The molecule has 0 aliphatic carbocycles. The lowest BCUT2D eigenvalue weighted by atomic mass is 9.98. The van der Waals surface area contributed by atoms with Gasteiger partial charge in [0.2, 0.25) is 0 Å². The van der Waals surface area contributed by atoms with Crippen molar-refractivity contribution in [3.8, 4) is 0 Å². The van der Waals surface area contributed by atoms with Crippen LogP contribution in [0.1, 0.15) is 43.2 Å². The molecule has 1 aromatic heterocycles. The number of rotatable bonds is 5. The average Bonchev–Trinajstić information content (AvgIpc) is 3.22. The lowest BCUT2D eigenvalue weighted by Gasteiger charge is -2.32. The molecule has 2 atom stereocenters. The van der Waals surface area contributed by atoms with E-state index in [9.17, 15) is 4.79 Å². The Morgan fingerprint density at radius 2 is 2.15 bits per heavy atom. The first-order chi connectivity index (χ1) is 13.0. The second-order valence-corrected chi connectivity index (χ2v) is 7.86. The minimum absolute atomic E-state index is 0.0417. The first-order valence-electron chi connectivity index (χ1n) is 9.84. The second-order valence-electron chi connectivity index (χ2n) is 7.86. The van der Waals surface area contributed by atoms with E-state index >= 15 is 0 Å². The molecule has 9 heteroatoms. The summed E-state index contributed by atoms with van der Waals surface area (Å²) in [5, 5.41) is 15.3. The highest BCUT2D eigenvalue weighted by atomic mass is 16.5. The molecule has 4 N–H and O–H groups in total. The van der Waals surface area contributed by atoms with Crippen LogP contribution in [-0.2, 0) is 6.42 Å². The zero-order chi connectivity index (χ0) is 19.0. The topological polar surface area (TPSA) is 115 Å². The number of carbonyl (C=O) groups is 1. The molecule has 2 amide bonds. The monoisotopic (exact) mass is 375 g/mol. The lowest BCUT2D eigenvalue weighted by Crippen LogP contribution is -2.47. The summed E-state index contributed by atoms with van der Waals surface area (Å²) in [6.07, 6.45) is 4.74. The van der Waals surface area contributed by atoms with E-state index in [4.69, 9.17) is 15.7 Å². The van der Waals surface area contributed by atoms with Crippen molar-refractivity contribution in [3.05, 3.63) is 17.5 Å². The summed E-state index contributed by atoms with van der Waals surface area (Å²) in [4.78, 5) is 18.0. The van der Waals surface area contributed by atoms with E-state index < -0.39 is 0 Å². The van der Waals surface area contributed by atoms with Crippen molar-refractivity contribution in [2.24, 2.45) is 5.73 Å². The molecule has 0 saturated carbocycles. The number of aromatic nitrogens is 1. The first kappa shape index (κ1) is 18.1. The van der Waals surface area contributed by atoms with Crippen LogP contribution in [0.5, 0.6) is 0 Å². The van der Waals surface area contributed by atoms with Crippen molar-refractivity contribution in [2.45, 2.75) is 50.2 Å². The third-order valence-electron chi connectivity index (χ3n) is 6.21. The van der Waals surface area contributed by atoms with Gasteiger partial charge in [0.1, 0.15) is 11.5 Å². The Balaban J connectivity index is 1.26. The summed E-state index contributed by atoms with van der Waals surface area (Å²) < 4.78 is 5.53. The van der Waals surface area contributed by atoms with Gasteiger partial charge >= 0.3 is 6.03 Å². The predicted octanol–water partition coefficient (Wildman–Crippen LogP) is 0.735. The van der Waals surface area contributed by atoms with E-state index in [0.29, 0.717) is 12.1 Å². The Morgan fingerprint density at radius 1 is 1.37 bits per heavy atom. The van der Waals surface area contributed by atoms with Gasteiger partial charge in [0.05, 0.1) is 12.1 Å². The minimum Gasteiger partial charge on any atom is -0.370 e. The number of fused-ring (bicyclic) bond motifs is 2. The zero-order valence-corrected chi connectivity index (χ0v) is 15.9. The number of guanidine groups is 1. The Morgan fingerprint density at radius 3 is 2.89 bits per heavy atom. The number of hydrogen-bond donors (Lipinski definition) is 3. The molecule has 3 fully saturated rings. The fourth-order valence-electron chi connectivity index (χ4n) is 4.47. The van der Waals surface area contributed by atoms with Gasteiger partial charge in [-0.05, 0) is 25.7 Å². The molecule has 2 bridgehead atoms. The SMILES string of the molecule is CN1C(=O)N2C[C@H]1CC[C@H]2c1cc(CCNC2CCN(C(=N)N)CC2)on1. The molecule has 3 aliphatic rings. The van der Waals surface area contributed by atoms with Gasteiger partial charge in [-0.1, -0.05) is 5.16 Å². The van der Waals surface area contributed by atoms with Crippen LogP contribution in [0, 0.1) is 5.41 Å². The van der Waals surface area contributed by atoms with Gasteiger partial charge in [0, 0.05) is 51.8 Å². The van der Waals surface area contributed by atoms with Crippen LogP contribution in [0.3, 0.4) is 0 Å². The standard InChI is InChI=1S/C18H29N7O2/c1-23-13-2-3-16(25(11-13)18(23)26)15-10-14(27-22-15)4-7-21-12-5-8-24(9-6-12)17(19)20/h10,12-13,16,21H,2-9,11H2,1H3,(H3,19,20)/t13-,16+/m1/s1. The van der Waals surface area contributed by atoms with Crippen LogP contribution >= 0.6 is 0 Å². The number of carbonyl (C=O) groups excluding carboxylic acids is 1. The molecule has 27 heavy (non-hydrogen) atoms. The molecule has 9 nitrogen and oxygen atoms in total. The molecule has 1 aromatic rings. The van der Waals surface area contributed by atoms with Crippen LogP contribution < -0.4 is 11.1 Å². The van der Waals surface area contributed by atoms with Crippen LogP contribution in [0.4, 0.5) is 4.79 Å². The van der Waals surface area contributed by atoms with Gasteiger partial charge in [0.25, 0.3) is 0 Å². The van der Waals surface area contributed by atoms with Crippen molar-refractivity contribution >= 4 is 12.0 Å². The largest absolute Gasteiger partial charge is 0.370 e. The van der Waals surface area contributed by atoms with Crippen LogP contribution in [0.2, 0.25) is 0 Å². The zero-order valence-electron chi connectivity index (χ0n) is 15.9. The molecular weight excluding hydrogens is 346 g/mol. The number of likely N-dealkylation sites (N-methyl/N-ethyl adjacent to an activating group) is 1. The predicted molar refractivity (Wildman–Crippen MR) is 100 cm³/mol. The van der Waals surface area contributed by atoms with E-state index in [2.05, 4.69) is 10.5 Å². The number of nitrogens with one attached hydrogen (secondary N) is 2. The van der Waals surface area contributed by atoms with Crippen molar-refractivity contribution in [2.75, 3.05) is 33.2 Å². The summed E-state index contributed by atoms with van der Waals surface area (Å²) in [7, 11) is 1.89. The highest BCUT2D eigenvalue weighted by Crippen LogP contribution is 2.37. The summed E-state index contributed by atoms with van der Waals surface area (Å²) in [5.74, 6) is 1.03. The van der Waals surface area contributed by atoms with Crippen molar-refractivity contribution < 1.29 is 9.32 Å². The molecule has 0 spiro atoms. The highest BCUT2D eigenvalue weighted by molar-refractivity contribution is 5.77. The number of hydrogen-bond acceptors (Lipinski definition) is 5. The van der Waals surface area contributed by atoms with Crippen LogP contribution in [-0.4, -0.2) is 77.2 Å². The van der Waals surface area contributed by atoms with Gasteiger partial charge in [-0.3, -0.25) is 5.41 Å². The van der Waals surface area contributed by atoms with Gasteiger partial charge in [-0.2, -0.15) is 0 Å². The maximum absolute atomic E-state index is 12.3. The molecule has 148 valence electrons. The third-order valence-corrected chi connectivity index (χ3v) is 6.21. The molecule has 0 radical (unpaired) electrons. The van der Waals surface area contributed by atoms with Crippen LogP contribution in [0.15, 0.2) is 10.6 Å². The van der Waals surface area contributed by atoms with Gasteiger partial charge in [-0.25, -0.2) is 4.79 Å². The number of nitrogens with zero attached hydrogens (tertiary/aromatic N) is 4. The summed E-state index contributed by atoms with van der Waals surface area (Å²) >= 11 is 0. The van der Waals surface area contributed by atoms with Crippen molar-refractivity contribution in [1.82, 2.24) is 25.2 Å². The van der Waals surface area contributed by atoms with E-state index in [1.165, 1.54) is 0 Å². The minimum atomic E-state index is 0.0417. The maximum atomic E-state index is 12.3. The molecule has 3 aliphatic heterocycles. The molecule has 0 unspecified atom stereocenters. The number of likely N-dealkylation sites (tertiary alicyclic amines) is 1. The molecule has 0 aromatic carbocycles. The second kappa shape index (κ2) is 7.38. The average molecular weight is 375 g/mol. The van der Waals surface area contributed by atoms with E-state index in [-0.39, 0.29) is 18.0 Å². The van der Waals surface area contributed by atoms with Gasteiger partial charge in [0.15, 0.2) is 5.96 Å². The molecule has 4 rings (SSSR count). The Hall–Kier alpha value is -2.29. The Kier molecular flexibility index (Phi) is 4.94.